The van der Waals surface area contributed by atoms with Crippen molar-refractivity contribution in [3.05, 3.63) is 29.8 Å². The van der Waals surface area contributed by atoms with Gasteiger partial charge >= 0.3 is 0 Å². The minimum absolute atomic E-state index is 0.0249. The topological polar surface area (TPSA) is 129 Å². The Hall–Kier alpha value is -2.16. The zero-order valence-corrected chi connectivity index (χ0v) is 22.3. The number of hydrogen-bond donors (Lipinski definition) is 4. The third-order valence-corrected chi connectivity index (χ3v) is 6.38. The summed E-state index contributed by atoms with van der Waals surface area (Å²) in [6.07, 6.45) is 3.96. The standard InChI is InChI=1S/C27H48N4O4/c1-6-7-13-30-26(32)20(4)16-23(28)24(29)17-21(19(2)3)18-31-27(33)22-11-8-9-12-25(22)35-15-10-14-34-5/h8-9,11-12,19-21,23-24H,6-7,10,13-18,28-29H2,1-5H3,(H,30,32)(H,31,33)/t20-,21-,23+,24+/m1/s1. The highest BCUT2D eigenvalue weighted by Crippen LogP contribution is 2.21. The van der Waals surface area contributed by atoms with Crippen molar-refractivity contribution in [2.24, 2.45) is 29.2 Å². The Morgan fingerprint density at radius 1 is 0.971 bits per heavy atom. The van der Waals surface area contributed by atoms with Gasteiger partial charge in [0.25, 0.3) is 5.91 Å². The number of amides is 2. The molecule has 1 rings (SSSR count). The molecule has 0 aromatic heterocycles. The first-order valence-electron chi connectivity index (χ1n) is 13.0. The summed E-state index contributed by atoms with van der Waals surface area (Å²) >= 11 is 0. The van der Waals surface area contributed by atoms with Gasteiger partial charge in [-0.3, -0.25) is 9.59 Å². The summed E-state index contributed by atoms with van der Waals surface area (Å²) in [5, 5.41) is 6.01. The third-order valence-electron chi connectivity index (χ3n) is 6.38. The molecule has 35 heavy (non-hydrogen) atoms. The van der Waals surface area contributed by atoms with E-state index >= 15 is 0 Å². The first-order chi connectivity index (χ1) is 16.7. The summed E-state index contributed by atoms with van der Waals surface area (Å²) in [7, 11) is 1.65. The highest BCUT2D eigenvalue weighted by molar-refractivity contribution is 5.96. The molecule has 200 valence electrons. The van der Waals surface area contributed by atoms with Crippen LogP contribution in [0.15, 0.2) is 24.3 Å². The SMILES string of the molecule is CCCCNC(=O)[C@H](C)C[C@H](N)[C@@H](N)C[C@H](CNC(=O)c1ccccc1OCCCOC)C(C)C. The average molecular weight is 493 g/mol. The summed E-state index contributed by atoms with van der Waals surface area (Å²) in [5.74, 6) is 0.690. The molecule has 0 heterocycles. The number of rotatable bonds is 18. The predicted octanol–water partition coefficient (Wildman–Crippen LogP) is 3.09. The Bertz CT molecular complexity index is 744. The number of nitrogens with one attached hydrogen (secondary N) is 2. The third kappa shape index (κ3) is 11.9. The number of carbonyl (C=O) groups is 2. The summed E-state index contributed by atoms with van der Waals surface area (Å²) in [6, 6.07) is 6.69. The molecule has 1 aromatic rings. The quantitative estimate of drug-likeness (QED) is 0.233. The lowest BCUT2D eigenvalue weighted by Gasteiger charge is -2.29. The highest BCUT2D eigenvalue weighted by Gasteiger charge is 2.25. The van der Waals surface area contributed by atoms with E-state index in [1.165, 1.54) is 0 Å². The number of carbonyl (C=O) groups excluding carboxylic acids is 2. The minimum Gasteiger partial charge on any atom is -0.493 e. The van der Waals surface area contributed by atoms with Crippen molar-refractivity contribution in [3.8, 4) is 5.75 Å². The number of methoxy groups -OCH3 is 1. The second kappa shape index (κ2) is 17.3. The fraction of sp³-hybridized carbons (Fsp3) is 0.704. The molecule has 1 aromatic carbocycles. The smallest absolute Gasteiger partial charge is 0.255 e. The Balaban J connectivity index is 2.62. The van der Waals surface area contributed by atoms with E-state index in [2.05, 4.69) is 31.4 Å². The maximum absolute atomic E-state index is 12.9. The van der Waals surface area contributed by atoms with Gasteiger partial charge in [0.1, 0.15) is 5.75 Å². The molecular weight excluding hydrogens is 444 g/mol. The van der Waals surface area contributed by atoms with Crippen molar-refractivity contribution in [2.45, 2.75) is 71.9 Å². The molecule has 0 spiro atoms. The number of para-hydroxylation sites is 1. The Kier molecular flexibility index (Phi) is 15.3. The van der Waals surface area contributed by atoms with Gasteiger partial charge in [-0.1, -0.05) is 46.2 Å². The molecule has 8 heteroatoms. The second-order valence-electron chi connectivity index (χ2n) is 9.75. The molecule has 0 bridgehead atoms. The van der Waals surface area contributed by atoms with Crippen LogP contribution >= 0.6 is 0 Å². The molecule has 0 radical (unpaired) electrons. The minimum atomic E-state index is -0.292. The maximum atomic E-state index is 12.9. The zero-order chi connectivity index (χ0) is 26.2. The van der Waals surface area contributed by atoms with Crippen LogP contribution in [-0.4, -0.2) is 57.3 Å². The van der Waals surface area contributed by atoms with Gasteiger partial charge in [0.2, 0.25) is 5.91 Å². The molecule has 4 atom stereocenters. The van der Waals surface area contributed by atoms with Crippen molar-refractivity contribution in [1.82, 2.24) is 10.6 Å². The van der Waals surface area contributed by atoms with E-state index in [0.29, 0.717) is 56.4 Å². The molecule has 2 amide bonds. The van der Waals surface area contributed by atoms with E-state index < -0.39 is 0 Å². The average Bonchev–Trinajstić information content (AvgIpc) is 2.84. The van der Waals surface area contributed by atoms with Crippen LogP contribution in [-0.2, 0) is 9.53 Å². The van der Waals surface area contributed by atoms with Crippen molar-refractivity contribution in [1.29, 1.82) is 0 Å². The van der Waals surface area contributed by atoms with Crippen molar-refractivity contribution >= 4 is 11.8 Å². The van der Waals surface area contributed by atoms with Crippen LogP contribution in [0, 0.1) is 17.8 Å². The van der Waals surface area contributed by atoms with E-state index in [1.807, 2.05) is 19.1 Å². The summed E-state index contributed by atoms with van der Waals surface area (Å²) in [6.45, 7) is 10.5. The number of hydrogen-bond acceptors (Lipinski definition) is 6. The lowest BCUT2D eigenvalue weighted by atomic mass is 9.85. The number of benzene rings is 1. The molecule has 0 aliphatic rings. The van der Waals surface area contributed by atoms with Crippen LogP contribution in [0.3, 0.4) is 0 Å². The first kappa shape index (κ1) is 30.9. The van der Waals surface area contributed by atoms with Gasteiger partial charge in [0.05, 0.1) is 12.2 Å². The van der Waals surface area contributed by atoms with Crippen LogP contribution in [0.4, 0.5) is 0 Å². The van der Waals surface area contributed by atoms with E-state index in [9.17, 15) is 9.59 Å². The fourth-order valence-electron chi connectivity index (χ4n) is 3.85. The van der Waals surface area contributed by atoms with Crippen LogP contribution in [0.5, 0.6) is 5.75 Å². The molecular formula is C27H48N4O4. The molecule has 0 aliphatic carbocycles. The van der Waals surface area contributed by atoms with E-state index in [1.54, 1.807) is 19.2 Å². The zero-order valence-electron chi connectivity index (χ0n) is 22.3. The summed E-state index contributed by atoms with van der Waals surface area (Å²) < 4.78 is 10.8. The Morgan fingerprint density at radius 2 is 1.66 bits per heavy atom. The molecule has 0 saturated heterocycles. The molecule has 0 fully saturated rings. The largest absolute Gasteiger partial charge is 0.493 e. The Morgan fingerprint density at radius 3 is 2.31 bits per heavy atom. The summed E-state index contributed by atoms with van der Waals surface area (Å²) in [4.78, 5) is 25.2. The van der Waals surface area contributed by atoms with Crippen LogP contribution in [0.25, 0.3) is 0 Å². The highest BCUT2D eigenvalue weighted by atomic mass is 16.5. The number of unbranched alkanes of at least 4 members (excludes halogenated alkanes) is 1. The molecule has 8 nitrogen and oxygen atoms in total. The fourth-order valence-corrected chi connectivity index (χ4v) is 3.85. The monoisotopic (exact) mass is 492 g/mol. The number of nitrogens with two attached hydrogens (primary N) is 2. The number of ether oxygens (including phenoxy) is 2. The van der Waals surface area contributed by atoms with E-state index in [-0.39, 0.29) is 35.7 Å². The van der Waals surface area contributed by atoms with E-state index in [0.717, 1.165) is 19.3 Å². The lowest BCUT2D eigenvalue weighted by Crippen LogP contribution is -2.47. The molecule has 0 unspecified atom stereocenters. The lowest BCUT2D eigenvalue weighted by molar-refractivity contribution is -0.124. The van der Waals surface area contributed by atoms with Crippen LogP contribution in [0.2, 0.25) is 0 Å². The van der Waals surface area contributed by atoms with Gasteiger partial charge in [-0.2, -0.15) is 0 Å². The van der Waals surface area contributed by atoms with Gasteiger partial charge in [-0.15, -0.1) is 0 Å². The molecule has 0 saturated carbocycles. The van der Waals surface area contributed by atoms with Crippen molar-refractivity contribution in [2.75, 3.05) is 33.4 Å². The van der Waals surface area contributed by atoms with Gasteiger partial charge in [-0.05, 0) is 43.2 Å². The van der Waals surface area contributed by atoms with Gasteiger partial charge in [0, 0.05) is 51.2 Å². The van der Waals surface area contributed by atoms with E-state index in [4.69, 9.17) is 20.9 Å². The molecule has 0 aliphatic heterocycles. The molecule has 6 N–H and O–H groups in total. The van der Waals surface area contributed by atoms with Crippen molar-refractivity contribution in [3.63, 3.8) is 0 Å². The summed E-state index contributed by atoms with van der Waals surface area (Å²) in [5.41, 5.74) is 13.3. The first-order valence-corrected chi connectivity index (χ1v) is 13.0. The second-order valence-corrected chi connectivity index (χ2v) is 9.75. The Labute approximate surface area is 211 Å². The van der Waals surface area contributed by atoms with Crippen LogP contribution < -0.4 is 26.8 Å². The van der Waals surface area contributed by atoms with Gasteiger partial charge in [0.15, 0.2) is 0 Å². The predicted molar refractivity (Wildman–Crippen MR) is 141 cm³/mol. The van der Waals surface area contributed by atoms with Gasteiger partial charge < -0.3 is 31.6 Å². The maximum Gasteiger partial charge on any atom is 0.255 e. The van der Waals surface area contributed by atoms with Crippen LogP contribution in [0.1, 0.15) is 70.2 Å². The normalized spacial score (nSPS) is 14.7. The van der Waals surface area contributed by atoms with Gasteiger partial charge in [-0.25, -0.2) is 0 Å². The van der Waals surface area contributed by atoms with Crippen molar-refractivity contribution < 1.29 is 19.1 Å².